The lowest BCUT2D eigenvalue weighted by molar-refractivity contribution is -0.302. The van der Waals surface area contributed by atoms with Crippen molar-refractivity contribution in [1.29, 1.82) is 0 Å². The van der Waals surface area contributed by atoms with Crippen molar-refractivity contribution in [3.05, 3.63) is 12.2 Å². The smallest absolute Gasteiger partial charge is 0.220 e. The molecular weight excluding hydrogens is 634 g/mol. The number of allylic oxidation sites excluding steroid dienone is 2. The van der Waals surface area contributed by atoms with E-state index >= 15 is 0 Å². The standard InChI is InChI=1S/C41H79NO8/c1-3-5-7-9-11-13-15-17-18-19-21-23-25-27-29-31-37(45)42-34(33-49-41-40(48)39(47)38(46)36(32-43)50-41)35(44)30-28-26-24-22-20-16-14-12-10-8-6-4-2/h20,22,34-36,38-41,43-44,46-48H,3-19,21,23-33H2,1-2H3,(H,42,45)/b22-20+/t34-,35+,36-,38-,39?,40?,41-/m0/s1. The van der Waals surface area contributed by atoms with Gasteiger partial charge in [-0.05, 0) is 38.5 Å². The molecular formula is C41H79NO8. The fourth-order valence-corrected chi connectivity index (χ4v) is 6.68. The maximum Gasteiger partial charge on any atom is 0.220 e. The molecule has 1 saturated heterocycles. The van der Waals surface area contributed by atoms with Gasteiger partial charge in [0.15, 0.2) is 6.29 Å². The summed E-state index contributed by atoms with van der Waals surface area (Å²) in [5, 5.41) is 54.1. The number of carbonyl (C=O) groups excluding carboxylic acids is 1. The van der Waals surface area contributed by atoms with Gasteiger partial charge in [0.25, 0.3) is 0 Å². The Balaban J connectivity index is 2.39. The normalized spacial score (nSPS) is 22.3. The minimum atomic E-state index is -1.55. The molecule has 1 aliphatic heterocycles. The third-order valence-electron chi connectivity index (χ3n) is 10.1. The largest absolute Gasteiger partial charge is 0.394 e. The van der Waals surface area contributed by atoms with Crippen LogP contribution >= 0.6 is 0 Å². The minimum Gasteiger partial charge on any atom is -0.394 e. The number of unbranched alkanes of at least 4 members (excludes halogenated alkanes) is 22. The lowest BCUT2D eigenvalue weighted by Gasteiger charge is -2.40. The Kier molecular flexibility index (Phi) is 30.6. The van der Waals surface area contributed by atoms with Crippen molar-refractivity contribution in [3.63, 3.8) is 0 Å². The van der Waals surface area contributed by atoms with E-state index in [0.717, 1.165) is 44.9 Å². The van der Waals surface area contributed by atoms with Gasteiger partial charge in [-0.2, -0.15) is 0 Å². The van der Waals surface area contributed by atoms with Gasteiger partial charge in [0, 0.05) is 6.42 Å². The Labute approximate surface area is 306 Å². The van der Waals surface area contributed by atoms with Crippen LogP contribution in [0, 0.1) is 0 Å². The van der Waals surface area contributed by atoms with E-state index in [-0.39, 0.29) is 12.5 Å². The van der Waals surface area contributed by atoms with Gasteiger partial charge in [0.1, 0.15) is 24.4 Å². The highest BCUT2D eigenvalue weighted by molar-refractivity contribution is 5.76. The van der Waals surface area contributed by atoms with E-state index in [9.17, 15) is 30.3 Å². The Bertz CT molecular complexity index is 797. The predicted octanol–water partition coefficient (Wildman–Crippen LogP) is 7.78. The van der Waals surface area contributed by atoms with Crippen LogP contribution < -0.4 is 5.32 Å². The predicted molar refractivity (Wildman–Crippen MR) is 203 cm³/mol. The van der Waals surface area contributed by atoms with Crippen LogP contribution in [0.1, 0.15) is 187 Å². The summed E-state index contributed by atoms with van der Waals surface area (Å²) in [7, 11) is 0. The Hall–Kier alpha value is -1.07. The SMILES string of the molecule is CCCCCCCC/C=C/CCCC[C@@H](O)[C@H](CO[C@H]1O[C@@H](CO)[C@H](O)C(O)C1O)NC(=O)CCCCCCCCCCCCCCCCC. The van der Waals surface area contributed by atoms with Gasteiger partial charge in [-0.25, -0.2) is 0 Å². The first-order valence-electron chi connectivity index (χ1n) is 20.9. The van der Waals surface area contributed by atoms with Gasteiger partial charge < -0.3 is 40.3 Å². The monoisotopic (exact) mass is 714 g/mol. The number of nitrogens with one attached hydrogen (secondary N) is 1. The molecule has 0 bridgehead atoms. The molecule has 0 radical (unpaired) electrons. The summed E-state index contributed by atoms with van der Waals surface area (Å²) in [6.07, 6.45) is 27.9. The molecule has 9 heteroatoms. The van der Waals surface area contributed by atoms with Crippen LogP contribution in [0.5, 0.6) is 0 Å². The van der Waals surface area contributed by atoms with Crippen LogP contribution in [0.4, 0.5) is 0 Å². The maximum absolute atomic E-state index is 12.9. The average molecular weight is 714 g/mol. The summed E-state index contributed by atoms with van der Waals surface area (Å²) in [5.74, 6) is -0.154. The summed E-state index contributed by atoms with van der Waals surface area (Å²) in [6.45, 7) is 3.79. The molecule has 9 nitrogen and oxygen atoms in total. The van der Waals surface area contributed by atoms with Gasteiger partial charge in [-0.1, -0.05) is 154 Å². The lowest BCUT2D eigenvalue weighted by atomic mass is 9.99. The molecule has 0 aliphatic carbocycles. The number of hydrogen-bond acceptors (Lipinski definition) is 8. The molecule has 0 aromatic rings. The van der Waals surface area contributed by atoms with Gasteiger partial charge >= 0.3 is 0 Å². The summed E-state index contributed by atoms with van der Waals surface area (Å²) in [4.78, 5) is 12.9. The first-order valence-corrected chi connectivity index (χ1v) is 20.9. The summed E-state index contributed by atoms with van der Waals surface area (Å²) in [5.41, 5.74) is 0. The molecule has 296 valence electrons. The highest BCUT2D eigenvalue weighted by Crippen LogP contribution is 2.23. The van der Waals surface area contributed by atoms with Crippen LogP contribution in [0.3, 0.4) is 0 Å². The third kappa shape index (κ3) is 23.5. The maximum atomic E-state index is 12.9. The summed E-state index contributed by atoms with van der Waals surface area (Å²) in [6, 6.07) is -0.727. The molecule has 7 atom stereocenters. The number of amides is 1. The highest BCUT2D eigenvalue weighted by atomic mass is 16.7. The van der Waals surface area contributed by atoms with Crippen molar-refractivity contribution in [2.24, 2.45) is 0 Å². The number of aliphatic hydroxyl groups excluding tert-OH is 5. The zero-order chi connectivity index (χ0) is 36.7. The zero-order valence-corrected chi connectivity index (χ0v) is 32.2. The molecule has 1 heterocycles. The Morgan fingerprint density at radius 2 is 1.12 bits per heavy atom. The number of carbonyl (C=O) groups is 1. The Morgan fingerprint density at radius 3 is 1.62 bits per heavy atom. The van der Waals surface area contributed by atoms with Crippen molar-refractivity contribution < 1.29 is 39.8 Å². The van der Waals surface area contributed by atoms with Gasteiger partial charge in [0.2, 0.25) is 5.91 Å². The van der Waals surface area contributed by atoms with Gasteiger partial charge in [-0.3, -0.25) is 4.79 Å². The van der Waals surface area contributed by atoms with E-state index in [1.165, 1.54) is 116 Å². The Morgan fingerprint density at radius 1 is 0.660 bits per heavy atom. The van der Waals surface area contributed by atoms with Crippen LogP contribution in [-0.2, 0) is 14.3 Å². The molecule has 1 aliphatic rings. The van der Waals surface area contributed by atoms with E-state index in [0.29, 0.717) is 12.8 Å². The van der Waals surface area contributed by atoms with Crippen molar-refractivity contribution in [3.8, 4) is 0 Å². The van der Waals surface area contributed by atoms with Crippen LogP contribution in [0.15, 0.2) is 12.2 Å². The molecule has 2 unspecified atom stereocenters. The highest BCUT2D eigenvalue weighted by Gasteiger charge is 2.44. The molecule has 1 rings (SSSR count). The molecule has 1 fully saturated rings. The van der Waals surface area contributed by atoms with Gasteiger partial charge in [-0.15, -0.1) is 0 Å². The average Bonchev–Trinajstić information content (AvgIpc) is 3.11. The zero-order valence-electron chi connectivity index (χ0n) is 32.2. The minimum absolute atomic E-state index is 0.146. The van der Waals surface area contributed by atoms with E-state index < -0.39 is 49.5 Å². The van der Waals surface area contributed by atoms with Crippen LogP contribution in [-0.4, -0.2) is 87.5 Å². The fraction of sp³-hybridized carbons (Fsp3) is 0.927. The molecule has 0 saturated carbocycles. The van der Waals surface area contributed by atoms with Crippen molar-refractivity contribution in [2.75, 3.05) is 13.2 Å². The van der Waals surface area contributed by atoms with Crippen molar-refractivity contribution >= 4 is 5.91 Å². The van der Waals surface area contributed by atoms with Crippen LogP contribution in [0.25, 0.3) is 0 Å². The lowest BCUT2D eigenvalue weighted by Crippen LogP contribution is -2.60. The summed E-state index contributed by atoms with van der Waals surface area (Å²) >= 11 is 0. The third-order valence-corrected chi connectivity index (χ3v) is 10.1. The van der Waals surface area contributed by atoms with Crippen molar-refractivity contribution in [2.45, 2.75) is 230 Å². The van der Waals surface area contributed by atoms with Gasteiger partial charge in [0.05, 0.1) is 25.4 Å². The molecule has 50 heavy (non-hydrogen) atoms. The second kappa shape index (κ2) is 32.6. The molecule has 0 spiro atoms. The molecule has 0 aromatic heterocycles. The fourth-order valence-electron chi connectivity index (χ4n) is 6.68. The molecule has 6 N–H and O–H groups in total. The molecule has 0 aromatic carbocycles. The number of ether oxygens (including phenoxy) is 2. The topological polar surface area (TPSA) is 149 Å². The first kappa shape index (κ1) is 47.0. The molecule has 1 amide bonds. The van der Waals surface area contributed by atoms with E-state index in [2.05, 4.69) is 31.3 Å². The van der Waals surface area contributed by atoms with E-state index in [4.69, 9.17) is 9.47 Å². The quantitative estimate of drug-likeness (QED) is 0.0293. The number of aliphatic hydroxyl groups is 5. The van der Waals surface area contributed by atoms with E-state index in [1.807, 2.05) is 0 Å². The second-order valence-corrected chi connectivity index (χ2v) is 14.8. The number of hydrogen-bond donors (Lipinski definition) is 6. The second-order valence-electron chi connectivity index (χ2n) is 14.8. The summed E-state index contributed by atoms with van der Waals surface area (Å²) < 4.78 is 11.2. The first-order chi connectivity index (χ1) is 24.3. The van der Waals surface area contributed by atoms with Crippen molar-refractivity contribution in [1.82, 2.24) is 5.32 Å². The van der Waals surface area contributed by atoms with Crippen LogP contribution in [0.2, 0.25) is 0 Å². The van der Waals surface area contributed by atoms with E-state index in [1.54, 1.807) is 0 Å². The number of rotatable bonds is 34.